The molecule has 0 spiro atoms. The Morgan fingerprint density at radius 3 is 2.92 bits per heavy atom. The van der Waals surface area contributed by atoms with Crippen LogP contribution >= 0.6 is 27.5 Å². The van der Waals surface area contributed by atoms with Crippen LogP contribution in [-0.2, 0) is 0 Å². The lowest BCUT2D eigenvalue weighted by Gasteiger charge is -2.10. The van der Waals surface area contributed by atoms with Crippen LogP contribution in [0.4, 0.5) is 0 Å². The van der Waals surface area contributed by atoms with Crippen LogP contribution in [0.25, 0.3) is 0 Å². The number of pyridine rings is 1. The van der Waals surface area contributed by atoms with Gasteiger partial charge in [-0.25, -0.2) is 4.98 Å². The van der Waals surface area contributed by atoms with Crippen molar-refractivity contribution in [1.82, 2.24) is 4.98 Å². The molecule has 0 aromatic carbocycles. The summed E-state index contributed by atoms with van der Waals surface area (Å²) in [6, 6.07) is 1.52. The zero-order valence-corrected chi connectivity index (χ0v) is 8.64. The summed E-state index contributed by atoms with van der Waals surface area (Å²) < 4.78 is 0.838. The fraction of sp³-hybridized carbons (Fsp3) is 0.286. The molecule has 1 unspecified atom stereocenters. The molecular formula is C7H9BrClN3. The molecule has 66 valence electrons. The number of nitrogens with two attached hydrogens (primary N) is 2. The van der Waals surface area contributed by atoms with Crippen molar-refractivity contribution in [2.24, 2.45) is 11.5 Å². The second-order valence-electron chi connectivity index (χ2n) is 2.37. The zero-order valence-electron chi connectivity index (χ0n) is 6.30. The minimum Gasteiger partial charge on any atom is -0.329 e. The lowest BCUT2D eigenvalue weighted by molar-refractivity contribution is 0.732. The van der Waals surface area contributed by atoms with E-state index in [4.69, 9.17) is 23.1 Å². The monoisotopic (exact) mass is 249 g/mol. The van der Waals surface area contributed by atoms with Crippen molar-refractivity contribution in [1.29, 1.82) is 0 Å². The average molecular weight is 251 g/mol. The molecule has 1 rings (SSSR count). The zero-order chi connectivity index (χ0) is 9.14. The van der Waals surface area contributed by atoms with Gasteiger partial charge >= 0.3 is 0 Å². The topological polar surface area (TPSA) is 64.9 Å². The van der Waals surface area contributed by atoms with E-state index < -0.39 is 0 Å². The molecule has 0 fully saturated rings. The summed E-state index contributed by atoms with van der Waals surface area (Å²) in [5.74, 6) is 0. The van der Waals surface area contributed by atoms with Gasteiger partial charge in [-0.05, 0) is 27.6 Å². The van der Waals surface area contributed by atoms with E-state index >= 15 is 0 Å². The van der Waals surface area contributed by atoms with Gasteiger partial charge in [0.05, 0.1) is 0 Å². The van der Waals surface area contributed by atoms with Gasteiger partial charge in [-0.3, -0.25) is 0 Å². The number of hydrogen-bond donors (Lipinski definition) is 2. The Bertz CT molecular complexity index is 279. The fourth-order valence-corrected chi connectivity index (χ4v) is 1.52. The SMILES string of the molecule is NCC(N)c1cc(Cl)ncc1Br. The van der Waals surface area contributed by atoms with E-state index in [2.05, 4.69) is 20.9 Å². The van der Waals surface area contributed by atoms with Crippen LogP contribution in [-0.4, -0.2) is 11.5 Å². The highest BCUT2D eigenvalue weighted by Crippen LogP contribution is 2.22. The lowest BCUT2D eigenvalue weighted by atomic mass is 10.1. The van der Waals surface area contributed by atoms with Crippen molar-refractivity contribution in [2.45, 2.75) is 6.04 Å². The Kier molecular flexibility index (Phi) is 3.46. The molecule has 3 nitrogen and oxygen atoms in total. The quantitative estimate of drug-likeness (QED) is 0.781. The van der Waals surface area contributed by atoms with Gasteiger partial charge in [0.25, 0.3) is 0 Å². The van der Waals surface area contributed by atoms with Gasteiger partial charge in [-0.1, -0.05) is 11.6 Å². The molecule has 1 aromatic heterocycles. The smallest absolute Gasteiger partial charge is 0.129 e. The van der Waals surface area contributed by atoms with Crippen molar-refractivity contribution in [3.05, 3.63) is 27.5 Å². The number of rotatable bonds is 2. The number of halogens is 2. The van der Waals surface area contributed by atoms with Gasteiger partial charge in [0.1, 0.15) is 5.15 Å². The number of hydrogen-bond acceptors (Lipinski definition) is 3. The van der Waals surface area contributed by atoms with Gasteiger partial charge in [0.2, 0.25) is 0 Å². The fourth-order valence-electron chi connectivity index (χ4n) is 0.839. The normalized spacial score (nSPS) is 13.0. The first-order valence-corrected chi connectivity index (χ1v) is 4.59. The third-order valence-electron chi connectivity index (χ3n) is 1.51. The molecule has 0 aliphatic heterocycles. The molecule has 0 aliphatic carbocycles. The average Bonchev–Trinajstić information content (AvgIpc) is 2.08. The van der Waals surface area contributed by atoms with Crippen molar-refractivity contribution in [3.63, 3.8) is 0 Å². The van der Waals surface area contributed by atoms with Crippen molar-refractivity contribution < 1.29 is 0 Å². The van der Waals surface area contributed by atoms with Gasteiger partial charge in [-0.15, -0.1) is 0 Å². The third-order valence-corrected chi connectivity index (χ3v) is 2.37. The molecule has 0 radical (unpaired) electrons. The summed E-state index contributed by atoms with van der Waals surface area (Å²) in [5.41, 5.74) is 12.0. The van der Waals surface area contributed by atoms with Crippen molar-refractivity contribution in [2.75, 3.05) is 6.54 Å². The van der Waals surface area contributed by atoms with Crippen LogP contribution in [0, 0.1) is 0 Å². The van der Waals surface area contributed by atoms with Crippen molar-refractivity contribution in [3.8, 4) is 0 Å². The first kappa shape index (κ1) is 9.92. The van der Waals surface area contributed by atoms with Gasteiger partial charge in [-0.2, -0.15) is 0 Å². The summed E-state index contributed by atoms with van der Waals surface area (Å²) in [6.07, 6.45) is 1.62. The van der Waals surface area contributed by atoms with E-state index in [1.165, 1.54) is 0 Å². The third kappa shape index (κ3) is 2.17. The molecule has 4 N–H and O–H groups in total. The van der Waals surface area contributed by atoms with Crippen LogP contribution < -0.4 is 11.5 Å². The summed E-state index contributed by atoms with van der Waals surface area (Å²) in [4.78, 5) is 3.88. The Balaban J connectivity index is 3.04. The summed E-state index contributed by atoms with van der Waals surface area (Å²) in [5, 5.41) is 0.428. The minimum atomic E-state index is -0.195. The Morgan fingerprint density at radius 2 is 2.33 bits per heavy atom. The molecule has 0 saturated carbocycles. The maximum atomic E-state index is 5.72. The van der Waals surface area contributed by atoms with E-state index in [1.54, 1.807) is 12.3 Å². The van der Waals surface area contributed by atoms with E-state index in [0.717, 1.165) is 10.0 Å². The second kappa shape index (κ2) is 4.18. The first-order valence-electron chi connectivity index (χ1n) is 3.41. The van der Waals surface area contributed by atoms with Gasteiger partial charge in [0.15, 0.2) is 0 Å². The lowest BCUT2D eigenvalue weighted by Crippen LogP contribution is -2.21. The van der Waals surface area contributed by atoms with Crippen molar-refractivity contribution >= 4 is 27.5 Å². The Labute approximate surface area is 84.2 Å². The predicted molar refractivity (Wildman–Crippen MR) is 52.9 cm³/mol. The summed E-state index contributed by atoms with van der Waals surface area (Å²) in [6.45, 7) is 0.388. The molecule has 1 aromatic rings. The van der Waals surface area contributed by atoms with Crippen LogP contribution in [0.2, 0.25) is 5.15 Å². The van der Waals surface area contributed by atoms with Crippen LogP contribution in [0.1, 0.15) is 11.6 Å². The molecule has 5 heteroatoms. The molecule has 1 atom stereocenters. The standard InChI is InChI=1S/C7H9BrClN3/c8-5-3-12-7(9)1-4(5)6(11)2-10/h1,3,6H,2,10-11H2. The first-order chi connectivity index (χ1) is 5.65. The molecular weight excluding hydrogens is 241 g/mol. The summed E-state index contributed by atoms with van der Waals surface area (Å²) in [7, 11) is 0. The highest BCUT2D eigenvalue weighted by Gasteiger charge is 2.08. The summed E-state index contributed by atoms with van der Waals surface area (Å²) >= 11 is 9.00. The number of nitrogens with zero attached hydrogens (tertiary/aromatic N) is 1. The van der Waals surface area contributed by atoms with E-state index in [9.17, 15) is 0 Å². The van der Waals surface area contributed by atoms with E-state index in [-0.39, 0.29) is 6.04 Å². The van der Waals surface area contributed by atoms with E-state index in [0.29, 0.717) is 11.7 Å². The molecule has 0 aliphatic rings. The largest absolute Gasteiger partial charge is 0.329 e. The maximum Gasteiger partial charge on any atom is 0.129 e. The minimum absolute atomic E-state index is 0.195. The molecule has 0 amide bonds. The second-order valence-corrected chi connectivity index (χ2v) is 3.61. The Hall–Kier alpha value is -0.160. The maximum absolute atomic E-state index is 5.72. The van der Waals surface area contributed by atoms with Gasteiger partial charge in [0, 0.05) is 23.3 Å². The Morgan fingerprint density at radius 1 is 1.67 bits per heavy atom. The number of aromatic nitrogens is 1. The molecule has 1 heterocycles. The van der Waals surface area contributed by atoms with Crippen LogP contribution in [0.3, 0.4) is 0 Å². The molecule has 0 bridgehead atoms. The van der Waals surface area contributed by atoms with Crippen LogP contribution in [0.5, 0.6) is 0 Å². The molecule has 12 heavy (non-hydrogen) atoms. The highest BCUT2D eigenvalue weighted by molar-refractivity contribution is 9.10. The van der Waals surface area contributed by atoms with E-state index in [1.807, 2.05) is 0 Å². The molecule has 0 saturated heterocycles. The van der Waals surface area contributed by atoms with Gasteiger partial charge < -0.3 is 11.5 Å². The van der Waals surface area contributed by atoms with Crippen LogP contribution in [0.15, 0.2) is 16.7 Å². The predicted octanol–water partition coefficient (Wildman–Crippen LogP) is 1.46. The highest BCUT2D eigenvalue weighted by atomic mass is 79.9.